The Labute approximate surface area is 187 Å². The molecule has 0 radical (unpaired) electrons. The summed E-state index contributed by atoms with van der Waals surface area (Å²) in [4.78, 5) is 29.6. The summed E-state index contributed by atoms with van der Waals surface area (Å²) in [5.41, 5.74) is 0.421. The number of benzene rings is 1. The van der Waals surface area contributed by atoms with Gasteiger partial charge in [-0.25, -0.2) is 0 Å². The number of nitrogens with one attached hydrogen (secondary N) is 1. The van der Waals surface area contributed by atoms with Crippen LogP contribution in [0, 0.1) is 0 Å². The fraction of sp³-hybridized carbons (Fsp3) is 0.417. The van der Waals surface area contributed by atoms with Crippen LogP contribution in [0.3, 0.4) is 0 Å². The van der Waals surface area contributed by atoms with Gasteiger partial charge in [-0.05, 0) is 56.8 Å². The first-order valence-electron chi connectivity index (χ1n) is 10.8. The summed E-state index contributed by atoms with van der Waals surface area (Å²) in [7, 11) is 0. The van der Waals surface area contributed by atoms with Gasteiger partial charge in [0, 0.05) is 10.5 Å². The lowest BCUT2D eigenvalue weighted by molar-refractivity contribution is -0.895. The van der Waals surface area contributed by atoms with Crippen molar-refractivity contribution >= 4 is 28.8 Å². The van der Waals surface area contributed by atoms with Crippen LogP contribution in [0.15, 0.2) is 47.4 Å². The number of likely N-dealkylation sites (N-methyl/N-ethyl adjacent to an activating group) is 1. The van der Waals surface area contributed by atoms with Crippen LogP contribution in [0.5, 0.6) is 5.75 Å². The fourth-order valence-electron chi connectivity index (χ4n) is 3.84. The van der Waals surface area contributed by atoms with Crippen LogP contribution >= 0.6 is 11.3 Å². The first-order chi connectivity index (χ1) is 14.9. The largest absolute Gasteiger partial charge is 0.872 e. The molecule has 1 fully saturated rings. The molecule has 0 bridgehead atoms. The molecule has 1 aliphatic heterocycles. The second-order valence-electron chi connectivity index (χ2n) is 7.89. The number of rotatable bonds is 9. The van der Waals surface area contributed by atoms with E-state index in [-0.39, 0.29) is 11.7 Å². The highest BCUT2D eigenvalue weighted by atomic mass is 32.1. The van der Waals surface area contributed by atoms with Crippen molar-refractivity contribution in [2.24, 2.45) is 0 Å². The molecule has 3 rings (SSSR count). The molecule has 2 heterocycles. The molecule has 166 valence electrons. The molecule has 1 aliphatic rings. The summed E-state index contributed by atoms with van der Waals surface area (Å²) in [5, 5.41) is 15.3. The molecule has 1 unspecified atom stereocenters. The van der Waals surface area contributed by atoms with Gasteiger partial charge in [0.1, 0.15) is 5.75 Å². The highest BCUT2D eigenvalue weighted by Gasteiger charge is 2.44. The number of thiophene rings is 1. The van der Waals surface area contributed by atoms with Gasteiger partial charge >= 0.3 is 0 Å². The zero-order chi connectivity index (χ0) is 22.5. The number of hydrogen-bond acceptors (Lipinski definition) is 5. The van der Waals surface area contributed by atoms with Crippen molar-refractivity contribution in [1.29, 1.82) is 0 Å². The van der Waals surface area contributed by atoms with E-state index in [4.69, 9.17) is 4.74 Å². The van der Waals surface area contributed by atoms with Crippen LogP contribution in [-0.2, 0) is 9.59 Å². The third-order valence-corrected chi connectivity index (χ3v) is 6.46. The first-order valence-corrected chi connectivity index (χ1v) is 11.7. The highest BCUT2D eigenvalue weighted by molar-refractivity contribution is 7.10. The van der Waals surface area contributed by atoms with Crippen molar-refractivity contribution in [1.82, 2.24) is 4.90 Å². The van der Waals surface area contributed by atoms with Crippen LogP contribution in [0.1, 0.15) is 44.2 Å². The summed E-state index contributed by atoms with van der Waals surface area (Å²) in [6.07, 6.45) is 0.0228. The molecular weight excluding hydrogens is 412 g/mol. The second kappa shape index (κ2) is 10.1. The number of ketones is 1. The number of hydrogen-bond donors (Lipinski definition) is 1. The number of amides is 1. The second-order valence-corrected chi connectivity index (χ2v) is 8.87. The maximum Gasteiger partial charge on any atom is 0.295 e. The molecule has 0 spiro atoms. The van der Waals surface area contributed by atoms with Gasteiger partial charge in [0.05, 0.1) is 38.3 Å². The molecule has 2 aromatic rings. The van der Waals surface area contributed by atoms with E-state index in [2.05, 4.69) is 13.8 Å². The van der Waals surface area contributed by atoms with Gasteiger partial charge in [-0.1, -0.05) is 24.0 Å². The molecule has 1 N–H and O–H groups in total. The van der Waals surface area contributed by atoms with Gasteiger partial charge < -0.3 is 19.6 Å². The predicted octanol–water partition coefficient (Wildman–Crippen LogP) is 1.68. The normalized spacial score (nSPS) is 18.4. The Morgan fingerprint density at radius 3 is 2.39 bits per heavy atom. The highest BCUT2D eigenvalue weighted by Crippen LogP contribution is 2.40. The fourth-order valence-corrected chi connectivity index (χ4v) is 4.68. The van der Waals surface area contributed by atoms with E-state index < -0.39 is 23.5 Å². The lowest BCUT2D eigenvalue weighted by Crippen LogP contribution is -3.12. The van der Waals surface area contributed by atoms with Crippen molar-refractivity contribution in [3.8, 4) is 5.75 Å². The standard InChI is InChI=1S/C24H30N2O4S/c1-5-25(6-2)13-14-26-21(19-8-7-15-31-19)20(23(28)24(26)29)22(27)17-9-11-18(12-10-17)30-16(3)4/h7-12,15-16,21,27H,5-6,13-14H2,1-4H3. The SMILES string of the molecule is CC[NH+](CC)CCN1C(=O)C(=O)C(=C([O-])c2ccc(OC(C)C)cc2)C1c1cccs1. The van der Waals surface area contributed by atoms with Crippen molar-refractivity contribution in [3.05, 3.63) is 57.8 Å². The average molecular weight is 443 g/mol. The zero-order valence-corrected chi connectivity index (χ0v) is 19.3. The predicted molar refractivity (Wildman–Crippen MR) is 120 cm³/mol. The van der Waals surface area contributed by atoms with Gasteiger partial charge in [0.25, 0.3) is 5.91 Å². The molecule has 1 saturated heterocycles. The number of nitrogens with zero attached hydrogens (tertiary/aromatic N) is 1. The first kappa shape index (κ1) is 23.0. The summed E-state index contributed by atoms with van der Waals surface area (Å²) in [6, 6.07) is 9.87. The minimum Gasteiger partial charge on any atom is -0.872 e. The Morgan fingerprint density at radius 2 is 1.84 bits per heavy atom. The molecule has 0 aliphatic carbocycles. The number of ether oxygens (including phenoxy) is 1. The van der Waals surface area contributed by atoms with E-state index in [1.807, 2.05) is 31.4 Å². The molecule has 1 amide bonds. The molecule has 0 saturated carbocycles. The molecule has 6 nitrogen and oxygen atoms in total. The Bertz CT molecular complexity index is 931. The summed E-state index contributed by atoms with van der Waals surface area (Å²) in [5.74, 6) is -1.02. The topological polar surface area (TPSA) is 74.1 Å². The average Bonchev–Trinajstić information content (AvgIpc) is 3.36. The van der Waals surface area contributed by atoms with Crippen molar-refractivity contribution < 1.29 is 24.3 Å². The molecular formula is C24H30N2O4S. The number of Topliss-reactive ketones (excluding diaryl/α,β-unsaturated/α-hetero) is 1. The van der Waals surface area contributed by atoms with Gasteiger partial charge in [0.2, 0.25) is 5.78 Å². The van der Waals surface area contributed by atoms with Crippen molar-refractivity contribution in [2.75, 3.05) is 26.2 Å². The zero-order valence-electron chi connectivity index (χ0n) is 18.5. The number of quaternary nitrogens is 1. The van der Waals surface area contributed by atoms with Gasteiger partial charge in [-0.3, -0.25) is 9.59 Å². The van der Waals surface area contributed by atoms with Crippen LogP contribution in [0.4, 0.5) is 0 Å². The molecule has 31 heavy (non-hydrogen) atoms. The number of likely N-dealkylation sites (tertiary alicyclic amines) is 1. The number of carbonyl (C=O) groups is 2. The van der Waals surface area contributed by atoms with Crippen molar-refractivity contribution in [3.63, 3.8) is 0 Å². The van der Waals surface area contributed by atoms with E-state index in [9.17, 15) is 14.7 Å². The van der Waals surface area contributed by atoms with Crippen LogP contribution in [0.25, 0.3) is 5.76 Å². The quantitative estimate of drug-likeness (QED) is 0.364. The van der Waals surface area contributed by atoms with E-state index >= 15 is 0 Å². The monoisotopic (exact) mass is 442 g/mol. The van der Waals surface area contributed by atoms with E-state index in [0.29, 0.717) is 17.9 Å². The third kappa shape index (κ3) is 4.99. The molecule has 1 aromatic carbocycles. The lowest BCUT2D eigenvalue weighted by atomic mass is 10.00. The summed E-state index contributed by atoms with van der Waals surface area (Å²) >= 11 is 1.45. The Kier molecular flexibility index (Phi) is 7.51. The van der Waals surface area contributed by atoms with Crippen LogP contribution < -0.4 is 14.7 Å². The van der Waals surface area contributed by atoms with Gasteiger partial charge in [0.15, 0.2) is 0 Å². The minimum atomic E-state index is -0.694. The van der Waals surface area contributed by atoms with Crippen LogP contribution in [-0.4, -0.2) is 48.9 Å². The Balaban J connectivity index is 1.98. The van der Waals surface area contributed by atoms with E-state index in [1.165, 1.54) is 16.2 Å². The summed E-state index contributed by atoms with van der Waals surface area (Å²) < 4.78 is 5.64. The van der Waals surface area contributed by atoms with E-state index in [0.717, 1.165) is 24.5 Å². The van der Waals surface area contributed by atoms with Crippen molar-refractivity contribution in [2.45, 2.75) is 39.8 Å². The Morgan fingerprint density at radius 1 is 1.16 bits per heavy atom. The maximum absolute atomic E-state index is 13.4. The molecule has 1 atom stereocenters. The maximum atomic E-state index is 13.4. The van der Waals surface area contributed by atoms with Gasteiger partial charge in [-0.2, -0.15) is 0 Å². The van der Waals surface area contributed by atoms with E-state index in [1.54, 1.807) is 29.2 Å². The van der Waals surface area contributed by atoms with Gasteiger partial charge in [-0.15, -0.1) is 11.3 Å². The minimum absolute atomic E-state index is 0.0228. The van der Waals surface area contributed by atoms with Crippen LogP contribution in [0.2, 0.25) is 0 Å². The Hall–Kier alpha value is -2.64. The summed E-state index contributed by atoms with van der Waals surface area (Å²) in [6.45, 7) is 11.1. The third-order valence-electron chi connectivity index (χ3n) is 5.54. The molecule has 1 aromatic heterocycles. The number of carbonyl (C=O) groups excluding carboxylic acids is 2. The molecule has 7 heteroatoms. The lowest BCUT2D eigenvalue weighted by Gasteiger charge is -2.27. The smallest absolute Gasteiger partial charge is 0.295 e.